The molecule has 0 aliphatic carbocycles. The predicted molar refractivity (Wildman–Crippen MR) is 118 cm³/mol. The van der Waals surface area contributed by atoms with Gasteiger partial charge in [0.15, 0.2) is 0 Å². The molecule has 0 aromatic heterocycles. The molecule has 158 valence electrons. The van der Waals surface area contributed by atoms with E-state index >= 15 is 0 Å². The molecule has 6 nitrogen and oxygen atoms in total. The van der Waals surface area contributed by atoms with Crippen LogP contribution in [0.3, 0.4) is 0 Å². The number of hydrogen-bond acceptors (Lipinski definition) is 4. The number of para-hydroxylation sites is 1. The van der Waals surface area contributed by atoms with Gasteiger partial charge in [0, 0.05) is 6.54 Å². The van der Waals surface area contributed by atoms with E-state index in [-0.39, 0.29) is 16.6 Å². The molecule has 1 aliphatic rings. The summed E-state index contributed by atoms with van der Waals surface area (Å²) in [6.07, 6.45) is 1.45. The second kappa shape index (κ2) is 7.99. The van der Waals surface area contributed by atoms with E-state index in [9.17, 15) is 16.8 Å². The first kappa shape index (κ1) is 21.6. The highest BCUT2D eigenvalue weighted by Gasteiger charge is 2.29. The average molecular weight is 437 g/mol. The van der Waals surface area contributed by atoms with Gasteiger partial charge in [-0.15, -0.1) is 0 Å². The van der Waals surface area contributed by atoms with Gasteiger partial charge in [-0.1, -0.05) is 32.0 Å². The van der Waals surface area contributed by atoms with Gasteiger partial charge in [0.1, 0.15) is 0 Å². The molecule has 2 aromatic rings. The highest BCUT2D eigenvalue weighted by molar-refractivity contribution is 7.93. The molecule has 29 heavy (non-hydrogen) atoms. The Morgan fingerprint density at radius 2 is 1.72 bits per heavy atom. The molecule has 3 rings (SSSR count). The Hall–Kier alpha value is -2.06. The Morgan fingerprint density at radius 1 is 1.03 bits per heavy atom. The third kappa shape index (κ3) is 4.43. The van der Waals surface area contributed by atoms with E-state index in [0.29, 0.717) is 35.5 Å². The minimum Gasteiger partial charge on any atom is -0.279 e. The van der Waals surface area contributed by atoms with Gasteiger partial charge in [0.25, 0.3) is 10.0 Å². The summed E-state index contributed by atoms with van der Waals surface area (Å²) in [5.41, 5.74) is 3.17. The summed E-state index contributed by atoms with van der Waals surface area (Å²) < 4.78 is 55.3. The van der Waals surface area contributed by atoms with Crippen molar-refractivity contribution in [3.8, 4) is 0 Å². The SMILES string of the molecule is Cc1cc(S(=O)(=O)Nc2ccccc2C(C)C)c(C)cc1N1CCCCS1(=O)=O. The number of nitrogens with zero attached hydrogens (tertiary/aromatic N) is 1. The highest BCUT2D eigenvalue weighted by atomic mass is 32.2. The van der Waals surface area contributed by atoms with Crippen molar-refractivity contribution in [2.75, 3.05) is 21.3 Å². The molecular weight excluding hydrogens is 408 g/mol. The third-order valence-electron chi connectivity index (χ3n) is 5.23. The van der Waals surface area contributed by atoms with Crippen molar-refractivity contribution < 1.29 is 16.8 Å². The first-order valence-electron chi connectivity index (χ1n) is 9.76. The van der Waals surface area contributed by atoms with Crippen molar-refractivity contribution in [3.05, 3.63) is 53.1 Å². The maximum atomic E-state index is 13.1. The number of sulfonamides is 2. The molecule has 0 amide bonds. The molecular formula is C21H28N2O4S2. The van der Waals surface area contributed by atoms with Gasteiger partial charge >= 0.3 is 0 Å². The molecule has 2 aromatic carbocycles. The van der Waals surface area contributed by atoms with Gasteiger partial charge in [-0.25, -0.2) is 16.8 Å². The maximum absolute atomic E-state index is 13.1. The van der Waals surface area contributed by atoms with E-state index in [4.69, 9.17) is 0 Å². The molecule has 0 atom stereocenters. The van der Waals surface area contributed by atoms with Gasteiger partial charge < -0.3 is 0 Å². The Kier molecular flexibility index (Phi) is 5.96. The number of hydrogen-bond donors (Lipinski definition) is 1. The van der Waals surface area contributed by atoms with Crippen molar-refractivity contribution in [1.82, 2.24) is 0 Å². The maximum Gasteiger partial charge on any atom is 0.262 e. The number of nitrogens with one attached hydrogen (secondary N) is 1. The van der Waals surface area contributed by atoms with Gasteiger partial charge in [-0.2, -0.15) is 0 Å². The molecule has 1 heterocycles. The van der Waals surface area contributed by atoms with Crippen LogP contribution in [0.4, 0.5) is 11.4 Å². The van der Waals surface area contributed by atoms with Crippen LogP contribution in [0, 0.1) is 13.8 Å². The molecule has 0 bridgehead atoms. The number of aryl methyl sites for hydroxylation is 2. The van der Waals surface area contributed by atoms with E-state index in [1.807, 2.05) is 26.0 Å². The fourth-order valence-electron chi connectivity index (χ4n) is 3.69. The largest absolute Gasteiger partial charge is 0.279 e. The smallest absolute Gasteiger partial charge is 0.262 e. The van der Waals surface area contributed by atoms with Crippen LogP contribution in [-0.2, 0) is 20.0 Å². The summed E-state index contributed by atoms with van der Waals surface area (Å²) in [5.74, 6) is 0.294. The van der Waals surface area contributed by atoms with Crippen molar-refractivity contribution in [2.24, 2.45) is 0 Å². The lowest BCUT2D eigenvalue weighted by atomic mass is 10.0. The molecule has 1 fully saturated rings. The Balaban J connectivity index is 2.01. The van der Waals surface area contributed by atoms with Crippen molar-refractivity contribution in [2.45, 2.75) is 51.3 Å². The lowest BCUT2D eigenvalue weighted by Gasteiger charge is -2.30. The van der Waals surface area contributed by atoms with E-state index in [0.717, 1.165) is 12.0 Å². The van der Waals surface area contributed by atoms with E-state index in [1.54, 1.807) is 38.1 Å². The summed E-state index contributed by atoms with van der Waals surface area (Å²) >= 11 is 0. The van der Waals surface area contributed by atoms with Crippen molar-refractivity contribution in [1.29, 1.82) is 0 Å². The zero-order chi connectivity index (χ0) is 21.4. The predicted octanol–water partition coefficient (Wildman–Crippen LogP) is 4.16. The summed E-state index contributed by atoms with van der Waals surface area (Å²) in [5, 5.41) is 0. The van der Waals surface area contributed by atoms with Gasteiger partial charge in [-0.05, 0) is 67.5 Å². The van der Waals surface area contributed by atoms with Crippen LogP contribution in [-0.4, -0.2) is 29.1 Å². The number of anilines is 2. The molecule has 8 heteroatoms. The number of rotatable bonds is 5. The van der Waals surface area contributed by atoms with Crippen LogP contribution in [0.1, 0.15) is 49.3 Å². The van der Waals surface area contributed by atoms with Gasteiger partial charge in [0.05, 0.1) is 22.0 Å². The van der Waals surface area contributed by atoms with Crippen LogP contribution < -0.4 is 9.03 Å². The minimum atomic E-state index is -3.82. The molecule has 1 N–H and O–H groups in total. The van der Waals surface area contributed by atoms with Crippen LogP contribution >= 0.6 is 0 Å². The summed E-state index contributed by atoms with van der Waals surface area (Å²) in [7, 11) is -7.18. The highest BCUT2D eigenvalue weighted by Crippen LogP contribution is 2.32. The fourth-order valence-corrected chi connectivity index (χ4v) is 6.78. The monoisotopic (exact) mass is 436 g/mol. The Bertz CT molecular complexity index is 1120. The summed E-state index contributed by atoms with van der Waals surface area (Å²) in [6.45, 7) is 7.89. The zero-order valence-corrected chi connectivity index (χ0v) is 18.9. The van der Waals surface area contributed by atoms with Crippen molar-refractivity contribution in [3.63, 3.8) is 0 Å². The lowest BCUT2D eigenvalue weighted by molar-refractivity contribution is 0.574. The molecule has 0 radical (unpaired) electrons. The fraction of sp³-hybridized carbons (Fsp3) is 0.429. The quantitative estimate of drug-likeness (QED) is 0.763. The molecule has 1 saturated heterocycles. The Labute approximate surface area is 174 Å². The lowest BCUT2D eigenvalue weighted by Crippen LogP contribution is -2.38. The zero-order valence-electron chi connectivity index (χ0n) is 17.3. The second-order valence-electron chi connectivity index (χ2n) is 7.85. The molecule has 0 unspecified atom stereocenters. The molecule has 0 saturated carbocycles. The second-order valence-corrected chi connectivity index (χ2v) is 11.5. The number of benzene rings is 2. The average Bonchev–Trinajstić information content (AvgIpc) is 2.63. The van der Waals surface area contributed by atoms with Crippen LogP contribution in [0.25, 0.3) is 0 Å². The van der Waals surface area contributed by atoms with E-state index < -0.39 is 20.0 Å². The summed E-state index contributed by atoms with van der Waals surface area (Å²) in [4.78, 5) is 0.159. The first-order valence-corrected chi connectivity index (χ1v) is 12.9. The normalized spacial score (nSPS) is 16.8. The van der Waals surface area contributed by atoms with Crippen LogP contribution in [0.5, 0.6) is 0 Å². The minimum absolute atomic E-state index is 0.124. The van der Waals surface area contributed by atoms with Gasteiger partial charge in [-0.3, -0.25) is 9.03 Å². The topological polar surface area (TPSA) is 83.6 Å². The van der Waals surface area contributed by atoms with Crippen LogP contribution in [0.15, 0.2) is 41.3 Å². The first-order chi connectivity index (χ1) is 13.5. The van der Waals surface area contributed by atoms with E-state index in [2.05, 4.69) is 4.72 Å². The third-order valence-corrected chi connectivity index (χ3v) is 8.59. The van der Waals surface area contributed by atoms with E-state index in [1.165, 1.54) is 4.31 Å². The van der Waals surface area contributed by atoms with Crippen LogP contribution in [0.2, 0.25) is 0 Å². The standard InChI is InChI=1S/C21H28N2O4S2/c1-15(2)18-9-5-6-10-19(18)22-29(26,27)21-14-16(3)20(13-17(21)4)23-11-7-8-12-28(23,24)25/h5-6,9-10,13-15,22H,7-8,11-12H2,1-4H3. The Morgan fingerprint density at radius 3 is 2.38 bits per heavy atom. The summed E-state index contributed by atoms with van der Waals surface area (Å²) in [6, 6.07) is 10.6. The van der Waals surface area contributed by atoms with Crippen molar-refractivity contribution >= 4 is 31.4 Å². The molecule has 0 spiro atoms. The molecule has 1 aliphatic heterocycles. The van der Waals surface area contributed by atoms with Gasteiger partial charge in [0.2, 0.25) is 10.0 Å².